The van der Waals surface area contributed by atoms with Crippen LogP contribution in [0.5, 0.6) is 0 Å². The lowest BCUT2D eigenvalue weighted by Crippen LogP contribution is -2.47. The predicted molar refractivity (Wildman–Crippen MR) is 155 cm³/mol. The zero-order valence-corrected chi connectivity index (χ0v) is 26.4. The summed E-state index contributed by atoms with van der Waals surface area (Å²) in [7, 11) is 0. The second kappa shape index (κ2) is 19.3. The Morgan fingerprint density at radius 2 is 1.44 bits per heavy atom. The largest absolute Gasteiger partial charge is 0.367 e. The molecule has 0 aromatic carbocycles. The maximum absolute atomic E-state index is 14.4. The van der Waals surface area contributed by atoms with Gasteiger partial charge in [-0.15, -0.1) is 11.8 Å². The molecule has 0 fully saturated rings. The highest BCUT2D eigenvalue weighted by atomic mass is 32.2. The van der Waals surface area contributed by atoms with Crippen molar-refractivity contribution in [2.75, 3.05) is 12.5 Å². The predicted octanol–water partition coefficient (Wildman–Crippen LogP) is 8.91. The lowest BCUT2D eigenvalue weighted by atomic mass is 9.92. The third-order valence-electron chi connectivity index (χ3n) is 7.05. The monoisotopic (exact) mass is 585 g/mol. The molecule has 4 nitrogen and oxygen atoms in total. The lowest BCUT2D eigenvalue weighted by Gasteiger charge is -2.33. The third-order valence-corrected chi connectivity index (χ3v) is 8.19. The molecule has 0 saturated heterocycles. The molecular weight excluding hydrogens is 530 g/mol. The molecule has 2 unspecified atom stereocenters. The maximum Gasteiger partial charge on any atom is 0.312 e. The van der Waals surface area contributed by atoms with Crippen molar-refractivity contribution >= 4 is 23.5 Å². The number of Topliss-reactive ketones (excluding diaryl/α,β-unsaturated/α-hetero) is 1. The number of ether oxygens (including phenoxy) is 1. The van der Waals surface area contributed by atoms with Gasteiger partial charge in [0, 0.05) is 42.9 Å². The molecule has 0 rings (SSSR count). The lowest BCUT2D eigenvalue weighted by molar-refractivity contribution is -0.245. The third kappa shape index (κ3) is 16.3. The van der Waals surface area contributed by atoms with E-state index in [1.54, 1.807) is 13.8 Å². The minimum atomic E-state index is -4.19. The molecule has 0 radical (unpaired) electrons. The Bertz CT molecular complexity index is 687. The summed E-state index contributed by atoms with van der Waals surface area (Å²) in [6, 6.07) is 0. The van der Waals surface area contributed by atoms with Crippen LogP contribution in [0.4, 0.5) is 17.6 Å². The Morgan fingerprint density at radius 1 is 0.846 bits per heavy atom. The molecule has 39 heavy (non-hydrogen) atoms. The van der Waals surface area contributed by atoms with Gasteiger partial charge in [-0.1, -0.05) is 87.5 Å². The molecule has 0 aliphatic rings. The van der Waals surface area contributed by atoms with Gasteiger partial charge < -0.3 is 10.1 Å². The molecule has 232 valence electrons. The van der Waals surface area contributed by atoms with Crippen molar-refractivity contribution < 1.29 is 31.9 Å². The normalized spacial score (nSPS) is 14.5. The fourth-order valence-corrected chi connectivity index (χ4v) is 5.05. The Labute approximate surface area is 239 Å². The summed E-state index contributed by atoms with van der Waals surface area (Å²) >= 11 is 1.28. The van der Waals surface area contributed by atoms with Crippen LogP contribution >= 0.6 is 11.8 Å². The first kappa shape index (κ1) is 38.2. The molecule has 1 N–H and O–H groups in total. The maximum atomic E-state index is 14.4. The number of ketones is 1. The number of unbranched alkanes of at least 4 members (excludes halogenated alkanes) is 4. The van der Waals surface area contributed by atoms with E-state index in [1.165, 1.54) is 31.0 Å². The SMILES string of the molecule is CC(C)CCCCCCCNC(=O)CCC(CC(=O)C(C)C)SCOC(CC(F)(F)C(F)(F)C(C)C)C(C)C. The van der Waals surface area contributed by atoms with Crippen molar-refractivity contribution in [3.63, 3.8) is 0 Å². The molecule has 0 saturated carbocycles. The quantitative estimate of drug-likeness (QED) is 0.0739. The molecular formula is C30H55F4NO3S. The van der Waals surface area contributed by atoms with Crippen molar-refractivity contribution in [3.05, 3.63) is 0 Å². The molecule has 0 heterocycles. The first-order chi connectivity index (χ1) is 18.0. The fraction of sp³-hybridized carbons (Fsp3) is 0.933. The molecule has 0 bridgehead atoms. The minimum Gasteiger partial charge on any atom is -0.367 e. The standard InChI is InChI=1S/C30H55F4NO3S/c1-21(2)14-12-10-9-11-13-17-35-28(37)16-15-25(18-26(36)22(3)4)39-20-38-27(23(5)6)19-29(31,32)30(33,34)24(7)8/h21-25,27H,9-20H2,1-8H3,(H,35,37). The van der Waals surface area contributed by atoms with Gasteiger partial charge in [0.25, 0.3) is 0 Å². The van der Waals surface area contributed by atoms with Gasteiger partial charge in [0.2, 0.25) is 5.91 Å². The van der Waals surface area contributed by atoms with E-state index >= 15 is 0 Å². The average molecular weight is 586 g/mol. The molecule has 0 spiro atoms. The summed E-state index contributed by atoms with van der Waals surface area (Å²) in [6.07, 6.45) is 5.68. The first-order valence-corrected chi connectivity index (χ1v) is 15.8. The number of rotatable bonds is 23. The van der Waals surface area contributed by atoms with E-state index in [0.717, 1.165) is 39.0 Å². The Morgan fingerprint density at radius 3 is 1.97 bits per heavy atom. The van der Waals surface area contributed by atoms with Crippen LogP contribution in [-0.4, -0.2) is 47.4 Å². The second-order valence-electron chi connectivity index (χ2n) is 12.2. The van der Waals surface area contributed by atoms with Crippen molar-refractivity contribution in [2.45, 2.75) is 143 Å². The van der Waals surface area contributed by atoms with Gasteiger partial charge in [-0.05, 0) is 24.7 Å². The van der Waals surface area contributed by atoms with Crippen LogP contribution in [0.2, 0.25) is 0 Å². The number of thioether (sulfide) groups is 1. The smallest absolute Gasteiger partial charge is 0.312 e. The van der Waals surface area contributed by atoms with Gasteiger partial charge in [0.1, 0.15) is 5.78 Å². The van der Waals surface area contributed by atoms with Crippen LogP contribution < -0.4 is 5.32 Å². The summed E-state index contributed by atoms with van der Waals surface area (Å²) in [5.74, 6) is -9.69. The summed E-state index contributed by atoms with van der Waals surface area (Å²) in [5.41, 5.74) is 0. The zero-order valence-electron chi connectivity index (χ0n) is 25.6. The number of amides is 1. The first-order valence-electron chi connectivity index (χ1n) is 14.8. The van der Waals surface area contributed by atoms with Gasteiger partial charge in [-0.2, -0.15) is 17.6 Å². The van der Waals surface area contributed by atoms with E-state index < -0.39 is 36.2 Å². The number of halogens is 4. The number of carbonyl (C=O) groups excluding carboxylic acids is 2. The van der Waals surface area contributed by atoms with Crippen LogP contribution in [-0.2, 0) is 14.3 Å². The van der Waals surface area contributed by atoms with Gasteiger partial charge in [0.15, 0.2) is 0 Å². The summed E-state index contributed by atoms with van der Waals surface area (Å²) < 4.78 is 62.7. The van der Waals surface area contributed by atoms with Crippen molar-refractivity contribution in [1.29, 1.82) is 0 Å². The minimum absolute atomic E-state index is 0.0132. The van der Waals surface area contributed by atoms with Crippen LogP contribution in [0.25, 0.3) is 0 Å². The van der Waals surface area contributed by atoms with Gasteiger partial charge >= 0.3 is 11.8 Å². The van der Waals surface area contributed by atoms with Crippen molar-refractivity contribution in [2.24, 2.45) is 23.7 Å². The van der Waals surface area contributed by atoms with Crippen molar-refractivity contribution in [3.8, 4) is 0 Å². The molecule has 2 atom stereocenters. The number of alkyl halides is 4. The number of hydrogen-bond donors (Lipinski definition) is 1. The Kier molecular flexibility index (Phi) is 18.9. The summed E-state index contributed by atoms with van der Waals surface area (Å²) in [4.78, 5) is 24.7. The average Bonchev–Trinajstić information content (AvgIpc) is 2.82. The summed E-state index contributed by atoms with van der Waals surface area (Å²) in [5, 5.41) is 2.72. The molecule has 9 heteroatoms. The topological polar surface area (TPSA) is 55.4 Å². The second-order valence-corrected chi connectivity index (χ2v) is 13.4. The molecule has 0 aromatic rings. The van der Waals surface area contributed by atoms with Crippen LogP contribution in [0.15, 0.2) is 0 Å². The molecule has 0 aliphatic carbocycles. The van der Waals surface area contributed by atoms with E-state index in [2.05, 4.69) is 19.2 Å². The van der Waals surface area contributed by atoms with E-state index in [-0.39, 0.29) is 41.6 Å². The highest BCUT2D eigenvalue weighted by Crippen LogP contribution is 2.44. The van der Waals surface area contributed by atoms with E-state index in [9.17, 15) is 27.2 Å². The van der Waals surface area contributed by atoms with Gasteiger partial charge in [-0.25, -0.2) is 0 Å². The van der Waals surface area contributed by atoms with E-state index in [0.29, 0.717) is 13.0 Å². The van der Waals surface area contributed by atoms with E-state index in [1.807, 2.05) is 13.8 Å². The Hall–Kier alpha value is -0.830. The highest BCUT2D eigenvalue weighted by molar-refractivity contribution is 7.99. The number of carbonyl (C=O) groups is 2. The zero-order chi connectivity index (χ0) is 30.2. The summed E-state index contributed by atoms with van der Waals surface area (Å²) in [6.45, 7) is 14.2. The van der Waals surface area contributed by atoms with Crippen LogP contribution in [0.3, 0.4) is 0 Å². The van der Waals surface area contributed by atoms with Gasteiger partial charge in [-0.3, -0.25) is 9.59 Å². The van der Waals surface area contributed by atoms with E-state index in [4.69, 9.17) is 4.74 Å². The fourth-order valence-electron chi connectivity index (χ4n) is 4.04. The van der Waals surface area contributed by atoms with Crippen LogP contribution in [0, 0.1) is 23.7 Å². The molecule has 0 aliphatic heterocycles. The van der Waals surface area contributed by atoms with Gasteiger partial charge in [0.05, 0.1) is 12.0 Å². The molecule has 0 aromatic heterocycles. The number of nitrogens with one attached hydrogen (secondary N) is 1. The Balaban J connectivity index is 4.75. The van der Waals surface area contributed by atoms with Crippen LogP contribution in [0.1, 0.15) is 120 Å². The highest BCUT2D eigenvalue weighted by Gasteiger charge is 2.58. The molecule has 1 amide bonds. The number of hydrogen-bond acceptors (Lipinski definition) is 4. The van der Waals surface area contributed by atoms with Crippen molar-refractivity contribution in [1.82, 2.24) is 5.32 Å².